The Morgan fingerprint density at radius 3 is 2.38 bits per heavy atom. The molecule has 8 nitrogen and oxygen atoms in total. The van der Waals surface area contributed by atoms with Crippen LogP contribution < -0.4 is 26.0 Å². The summed E-state index contributed by atoms with van der Waals surface area (Å²) in [7, 11) is 3.06. The van der Waals surface area contributed by atoms with Crippen LogP contribution in [0.15, 0.2) is 58.9 Å². The molecular formula is C26H28N4O4. The van der Waals surface area contributed by atoms with Crippen molar-refractivity contribution in [1.29, 1.82) is 5.26 Å². The van der Waals surface area contributed by atoms with Gasteiger partial charge in [-0.2, -0.15) is 5.26 Å². The van der Waals surface area contributed by atoms with Gasteiger partial charge < -0.3 is 25.0 Å². The molecule has 4 rings (SSSR count). The number of quaternary nitrogens is 1. The SMILES string of the molecule is C1CC[NH2+]CC1.COc1ccc(NC(=O)/C(C#N)=C/c2c([O-])c3ccccc3n(C)c2=O)cc1. The number of ether oxygens (including phenoxy) is 1. The van der Waals surface area contributed by atoms with Crippen molar-refractivity contribution in [2.75, 3.05) is 25.5 Å². The Morgan fingerprint density at radius 2 is 1.82 bits per heavy atom. The van der Waals surface area contributed by atoms with Crippen LogP contribution in [-0.2, 0) is 11.8 Å². The van der Waals surface area contributed by atoms with Gasteiger partial charge in [0.05, 0.1) is 25.7 Å². The minimum Gasteiger partial charge on any atom is -0.871 e. The first-order chi connectivity index (χ1) is 16.5. The van der Waals surface area contributed by atoms with Crippen molar-refractivity contribution in [3.8, 4) is 17.6 Å². The maximum Gasteiger partial charge on any atom is 0.266 e. The van der Waals surface area contributed by atoms with Crippen LogP contribution in [0.25, 0.3) is 17.0 Å². The number of amides is 1. The van der Waals surface area contributed by atoms with E-state index in [2.05, 4.69) is 10.6 Å². The van der Waals surface area contributed by atoms with Gasteiger partial charge in [-0.1, -0.05) is 23.9 Å². The van der Waals surface area contributed by atoms with Gasteiger partial charge in [-0.15, -0.1) is 0 Å². The molecule has 0 spiro atoms. The molecule has 1 aliphatic rings. The molecule has 0 aliphatic carbocycles. The number of aromatic nitrogens is 1. The molecule has 1 saturated heterocycles. The highest BCUT2D eigenvalue weighted by molar-refractivity contribution is 6.10. The Morgan fingerprint density at radius 1 is 1.15 bits per heavy atom. The minimum atomic E-state index is -0.720. The third-order valence-corrected chi connectivity index (χ3v) is 5.61. The van der Waals surface area contributed by atoms with Crippen molar-refractivity contribution in [3.63, 3.8) is 0 Å². The number of benzene rings is 2. The van der Waals surface area contributed by atoms with Crippen LogP contribution in [0.2, 0.25) is 0 Å². The second kappa shape index (κ2) is 11.7. The number of nitrogens with zero attached hydrogens (tertiary/aromatic N) is 2. The fourth-order valence-corrected chi connectivity index (χ4v) is 3.68. The number of hydrogen-bond donors (Lipinski definition) is 2. The van der Waals surface area contributed by atoms with Crippen molar-refractivity contribution < 1.29 is 20.0 Å². The highest BCUT2D eigenvalue weighted by Crippen LogP contribution is 2.25. The smallest absolute Gasteiger partial charge is 0.266 e. The zero-order chi connectivity index (χ0) is 24.5. The Labute approximate surface area is 198 Å². The van der Waals surface area contributed by atoms with Gasteiger partial charge in [0, 0.05) is 18.3 Å². The molecule has 1 amide bonds. The zero-order valence-corrected chi connectivity index (χ0v) is 19.3. The van der Waals surface area contributed by atoms with E-state index in [1.807, 2.05) is 0 Å². The van der Waals surface area contributed by atoms with E-state index in [0.717, 1.165) is 6.08 Å². The monoisotopic (exact) mass is 460 g/mol. The number of para-hydroxylation sites is 1. The van der Waals surface area contributed by atoms with Gasteiger partial charge >= 0.3 is 0 Å². The summed E-state index contributed by atoms with van der Waals surface area (Å²) in [4.78, 5) is 25.0. The number of hydrogen-bond acceptors (Lipinski definition) is 5. The maximum atomic E-state index is 12.7. The number of nitrogens with two attached hydrogens (primary N) is 1. The Hall–Kier alpha value is -4.09. The van der Waals surface area contributed by atoms with E-state index in [1.165, 1.54) is 51.1 Å². The summed E-state index contributed by atoms with van der Waals surface area (Å²) in [5, 5.41) is 27.4. The lowest BCUT2D eigenvalue weighted by molar-refractivity contribution is -0.662. The van der Waals surface area contributed by atoms with Gasteiger partial charge in [0.2, 0.25) is 0 Å². The normalized spacial score (nSPS) is 13.4. The van der Waals surface area contributed by atoms with E-state index in [-0.39, 0.29) is 11.1 Å². The van der Waals surface area contributed by atoms with Crippen molar-refractivity contribution in [2.24, 2.45) is 7.05 Å². The first-order valence-electron chi connectivity index (χ1n) is 11.1. The van der Waals surface area contributed by atoms with Crippen LogP contribution in [-0.4, -0.2) is 30.7 Å². The number of nitriles is 1. The number of carbonyl (C=O) groups is 1. The number of pyridine rings is 1. The van der Waals surface area contributed by atoms with Crippen LogP contribution in [0.3, 0.4) is 0 Å². The molecule has 0 saturated carbocycles. The second-order valence-electron chi connectivity index (χ2n) is 7.90. The molecule has 0 atom stereocenters. The van der Waals surface area contributed by atoms with Crippen LogP contribution in [0, 0.1) is 11.3 Å². The van der Waals surface area contributed by atoms with Gasteiger partial charge in [-0.05, 0) is 61.1 Å². The molecule has 3 aromatic rings. The average Bonchev–Trinajstić information content (AvgIpc) is 2.89. The molecular weight excluding hydrogens is 432 g/mol. The van der Waals surface area contributed by atoms with Crippen molar-refractivity contribution in [3.05, 3.63) is 70.0 Å². The molecule has 1 aliphatic heterocycles. The lowest BCUT2D eigenvalue weighted by Crippen LogP contribution is -2.85. The number of piperidine rings is 1. The molecule has 1 aromatic heterocycles. The number of carbonyl (C=O) groups excluding carboxylic acids is 1. The molecule has 0 unspecified atom stereocenters. The summed E-state index contributed by atoms with van der Waals surface area (Å²) >= 11 is 0. The van der Waals surface area contributed by atoms with Crippen LogP contribution in [0.5, 0.6) is 11.5 Å². The predicted molar refractivity (Wildman–Crippen MR) is 129 cm³/mol. The molecule has 0 bridgehead atoms. The molecule has 176 valence electrons. The van der Waals surface area contributed by atoms with Gasteiger partial charge in [0.1, 0.15) is 17.4 Å². The number of aryl methyl sites for hydroxylation is 1. The predicted octanol–water partition coefficient (Wildman–Crippen LogP) is 1.90. The lowest BCUT2D eigenvalue weighted by atomic mass is 10.1. The maximum absolute atomic E-state index is 12.7. The summed E-state index contributed by atoms with van der Waals surface area (Å²) in [6.07, 6.45) is 5.40. The van der Waals surface area contributed by atoms with E-state index >= 15 is 0 Å². The van der Waals surface area contributed by atoms with Crippen molar-refractivity contribution in [1.82, 2.24) is 4.57 Å². The summed E-state index contributed by atoms with van der Waals surface area (Å²) in [6, 6.07) is 14.9. The third-order valence-electron chi connectivity index (χ3n) is 5.61. The standard InChI is InChI=1S/C21H17N3O4.C5H11N/c1-24-18-6-4-3-5-16(18)19(25)17(21(24)27)11-13(12-22)20(26)23-14-7-9-15(28-2)10-8-14;1-2-4-6-5-3-1/h3-11,25H,1-2H3,(H,23,26);6H,1-5H2/b13-11+;. The molecule has 34 heavy (non-hydrogen) atoms. The van der Waals surface area contributed by atoms with E-state index in [0.29, 0.717) is 22.3 Å². The lowest BCUT2D eigenvalue weighted by Gasteiger charge is -2.17. The van der Waals surface area contributed by atoms with Crippen LogP contribution in [0.4, 0.5) is 5.69 Å². The van der Waals surface area contributed by atoms with Gasteiger partial charge in [0.15, 0.2) is 0 Å². The zero-order valence-electron chi connectivity index (χ0n) is 19.3. The van der Waals surface area contributed by atoms with Crippen LogP contribution >= 0.6 is 0 Å². The van der Waals surface area contributed by atoms with E-state index in [4.69, 9.17) is 4.74 Å². The van der Waals surface area contributed by atoms with E-state index in [1.54, 1.807) is 54.6 Å². The summed E-state index contributed by atoms with van der Waals surface area (Å²) in [5.41, 5.74) is -0.229. The van der Waals surface area contributed by atoms with E-state index in [9.17, 15) is 20.0 Å². The van der Waals surface area contributed by atoms with Gasteiger partial charge in [-0.25, -0.2) is 0 Å². The summed E-state index contributed by atoms with van der Waals surface area (Å²) < 4.78 is 6.36. The summed E-state index contributed by atoms with van der Waals surface area (Å²) in [6.45, 7) is 2.75. The highest BCUT2D eigenvalue weighted by Gasteiger charge is 2.13. The van der Waals surface area contributed by atoms with Crippen molar-refractivity contribution in [2.45, 2.75) is 19.3 Å². The van der Waals surface area contributed by atoms with Gasteiger partial charge in [-0.3, -0.25) is 9.59 Å². The first-order valence-corrected chi connectivity index (χ1v) is 11.1. The average molecular weight is 461 g/mol. The topological polar surface area (TPSA) is 124 Å². The molecule has 3 N–H and O–H groups in total. The largest absolute Gasteiger partial charge is 0.871 e. The Kier molecular flexibility index (Phi) is 8.43. The number of anilines is 1. The second-order valence-corrected chi connectivity index (χ2v) is 7.90. The molecule has 0 radical (unpaired) electrons. The number of fused-ring (bicyclic) bond motifs is 1. The highest BCUT2D eigenvalue weighted by atomic mass is 16.5. The molecule has 2 aromatic carbocycles. The third kappa shape index (κ3) is 5.82. The summed E-state index contributed by atoms with van der Waals surface area (Å²) in [5.74, 6) is -0.629. The Bertz CT molecular complexity index is 1270. The quantitative estimate of drug-likeness (QED) is 0.455. The minimum absolute atomic E-state index is 0.234. The number of rotatable bonds is 4. The van der Waals surface area contributed by atoms with Gasteiger partial charge in [0.25, 0.3) is 11.5 Å². The fraction of sp³-hybridized carbons (Fsp3) is 0.269. The first kappa shape index (κ1) is 24.6. The number of methoxy groups -OCH3 is 1. The molecule has 2 heterocycles. The fourth-order valence-electron chi connectivity index (χ4n) is 3.68. The van der Waals surface area contributed by atoms with Crippen LogP contribution in [0.1, 0.15) is 24.8 Å². The Balaban J connectivity index is 0.000000469. The number of nitrogens with one attached hydrogen (secondary N) is 1. The molecule has 8 heteroatoms. The van der Waals surface area contributed by atoms with E-state index < -0.39 is 17.2 Å². The molecule has 1 fully saturated rings. The van der Waals surface area contributed by atoms with Crippen molar-refractivity contribution >= 4 is 28.6 Å².